The molecule has 1 aliphatic rings. The predicted octanol–water partition coefficient (Wildman–Crippen LogP) is 2.32. The summed E-state index contributed by atoms with van der Waals surface area (Å²) in [6.45, 7) is 3.92. The first-order valence-electron chi connectivity index (χ1n) is 4.90. The Hall–Kier alpha value is -0.831. The van der Waals surface area contributed by atoms with E-state index in [2.05, 4.69) is 15.6 Å². The molecular weight excluding hydrogens is 285 g/mol. The molecule has 1 aliphatic heterocycles. The first kappa shape index (κ1) is 11.6. The number of para-hydroxylation sites is 1. The molecule has 0 unspecified atom stereocenters. The average Bonchev–Trinajstić information content (AvgIpc) is 2.56. The van der Waals surface area contributed by atoms with Crippen molar-refractivity contribution >= 4 is 42.8 Å². The van der Waals surface area contributed by atoms with Gasteiger partial charge >= 0.3 is 107 Å². The molecule has 0 bridgehead atoms. The molecule has 1 saturated heterocycles. The standard InChI is InChI=1S/C12H11NOSSe/c1-8(2)10-11(14)13(12(16)15-10)9-6-4-3-5-7-9/h3-7H,1-2H3. The van der Waals surface area contributed by atoms with Crippen LogP contribution in [0.5, 0.6) is 0 Å². The van der Waals surface area contributed by atoms with Gasteiger partial charge in [0.25, 0.3) is 0 Å². The minimum atomic E-state index is 0.0601. The Bertz CT molecular complexity index is 477. The van der Waals surface area contributed by atoms with Crippen LogP contribution in [0.25, 0.3) is 0 Å². The maximum atomic E-state index is 12.2. The molecule has 82 valence electrons. The normalized spacial score (nSPS) is 15.9. The van der Waals surface area contributed by atoms with Crippen LogP contribution in [0, 0.1) is 0 Å². The third kappa shape index (κ3) is 2.01. The summed E-state index contributed by atoms with van der Waals surface area (Å²) in [6.07, 6.45) is 0. The van der Waals surface area contributed by atoms with Crippen LogP contribution in [0.1, 0.15) is 13.8 Å². The molecule has 1 fully saturated rings. The van der Waals surface area contributed by atoms with Crippen molar-refractivity contribution in [3.05, 3.63) is 40.8 Å². The zero-order valence-corrected chi connectivity index (χ0v) is 11.6. The van der Waals surface area contributed by atoms with Gasteiger partial charge in [-0.2, -0.15) is 0 Å². The molecule has 16 heavy (non-hydrogen) atoms. The van der Waals surface area contributed by atoms with Crippen molar-refractivity contribution in [3.8, 4) is 0 Å². The zero-order chi connectivity index (χ0) is 11.7. The number of anilines is 1. The van der Waals surface area contributed by atoms with E-state index in [4.69, 9.17) is 0 Å². The second-order valence-corrected chi connectivity index (χ2v) is 6.07. The zero-order valence-electron chi connectivity index (χ0n) is 9.06. The first-order chi connectivity index (χ1) is 7.61. The van der Waals surface area contributed by atoms with Gasteiger partial charge in [0.1, 0.15) is 0 Å². The summed E-state index contributed by atoms with van der Waals surface area (Å²) < 4.78 is 0.896. The van der Waals surface area contributed by atoms with Gasteiger partial charge in [0.15, 0.2) is 0 Å². The molecular formula is C12H11NOSSe. The van der Waals surface area contributed by atoms with E-state index in [1.54, 1.807) is 4.90 Å². The van der Waals surface area contributed by atoms with Gasteiger partial charge in [0.05, 0.1) is 0 Å². The fourth-order valence-corrected chi connectivity index (χ4v) is 3.23. The summed E-state index contributed by atoms with van der Waals surface area (Å²) in [4.78, 5) is 14.7. The van der Waals surface area contributed by atoms with Crippen LogP contribution in [-0.2, 0) is 4.79 Å². The van der Waals surface area contributed by atoms with E-state index in [-0.39, 0.29) is 5.91 Å². The molecule has 2 nitrogen and oxygen atoms in total. The molecule has 1 aromatic rings. The molecule has 4 heteroatoms. The average molecular weight is 296 g/mol. The molecule has 0 aromatic heterocycles. The molecule has 1 amide bonds. The molecule has 0 spiro atoms. The van der Waals surface area contributed by atoms with Gasteiger partial charge in [-0.3, -0.25) is 0 Å². The van der Waals surface area contributed by atoms with E-state index in [9.17, 15) is 4.79 Å². The summed E-state index contributed by atoms with van der Waals surface area (Å²) in [7, 11) is 0. The van der Waals surface area contributed by atoms with Crippen molar-refractivity contribution in [2.75, 3.05) is 4.90 Å². The molecule has 0 saturated carbocycles. The number of carbonyl (C=O) groups is 1. The Morgan fingerprint density at radius 1 is 1.25 bits per heavy atom. The summed E-state index contributed by atoms with van der Waals surface area (Å²) >= 11 is 4.46. The summed E-state index contributed by atoms with van der Waals surface area (Å²) in [5.41, 5.74) is 1.96. The summed E-state index contributed by atoms with van der Waals surface area (Å²) in [5.74, 6) is 0.0601. The van der Waals surface area contributed by atoms with Gasteiger partial charge in [0.2, 0.25) is 0 Å². The van der Waals surface area contributed by atoms with Crippen LogP contribution in [-0.4, -0.2) is 25.4 Å². The van der Waals surface area contributed by atoms with Gasteiger partial charge in [-0.1, -0.05) is 0 Å². The molecule has 0 aliphatic carbocycles. The molecule has 0 radical (unpaired) electrons. The Morgan fingerprint density at radius 2 is 1.88 bits per heavy atom. The molecule has 0 N–H and O–H groups in total. The Balaban J connectivity index is 2.42. The van der Waals surface area contributed by atoms with Gasteiger partial charge < -0.3 is 0 Å². The van der Waals surface area contributed by atoms with Crippen molar-refractivity contribution in [1.82, 2.24) is 0 Å². The van der Waals surface area contributed by atoms with Crippen LogP contribution in [0.4, 0.5) is 5.69 Å². The van der Waals surface area contributed by atoms with E-state index in [0.29, 0.717) is 0 Å². The Kier molecular flexibility index (Phi) is 3.33. The SMILES string of the molecule is CC(C)=C1SC(=[Se])N(c2ccccc2)C1=O. The number of carbonyl (C=O) groups excluding carboxylic acids is 1. The number of rotatable bonds is 1. The Labute approximate surface area is 107 Å². The number of allylic oxidation sites excluding steroid dienone is 1. The second-order valence-electron chi connectivity index (χ2n) is 3.67. The first-order valence-corrected chi connectivity index (χ1v) is 6.57. The van der Waals surface area contributed by atoms with Crippen molar-refractivity contribution in [3.63, 3.8) is 0 Å². The van der Waals surface area contributed by atoms with E-state index in [1.807, 2.05) is 44.2 Å². The van der Waals surface area contributed by atoms with Gasteiger partial charge in [-0.15, -0.1) is 0 Å². The van der Waals surface area contributed by atoms with Crippen molar-refractivity contribution in [1.29, 1.82) is 0 Å². The van der Waals surface area contributed by atoms with Crippen LogP contribution in [0.2, 0.25) is 0 Å². The summed E-state index contributed by atoms with van der Waals surface area (Å²) in [6, 6.07) is 9.67. The predicted molar refractivity (Wildman–Crippen MR) is 70.7 cm³/mol. The number of hydrogen-bond acceptors (Lipinski definition) is 2. The number of hydrogen-bond donors (Lipinski definition) is 0. The van der Waals surface area contributed by atoms with Gasteiger partial charge in [-0.05, 0) is 0 Å². The Morgan fingerprint density at radius 3 is 2.38 bits per heavy atom. The molecule has 2 rings (SSSR count). The van der Waals surface area contributed by atoms with E-state index in [1.165, 1.54) is 11.8 Å². The van der Waals surface area contributed by atoms with Crippen LogP contribution >= 0.6 is 11.8 Å². The quantitative estimate of drug-likeness (QED) is 0.585. The topological polar surface area (TPSA) is 20.3 Å². The van der Waals surface area contributed by atoms with Gasteiger partial charge in [0, 0.05) is 0 Å². The number of nitrogens with zero attached hydrogens (tertiary/aromatic N) is 1. The monoisotopic (exact) mass is 297 g/mol. The van der Waals surface area contributed by atoms with E-state index < -0.39 is 0 Å². The van der Waals surface area contributed by atoms with Crippen molar-refractivity contribution < 1.29 is 4.79 Å². The third-order valence-electron chi connectivity index (χ3n) is 2.24. The molecule has 0 atom stereocenters. The fourth-order valence-electron chi connectivity index (χ4n) is 1.48. The van der Waals surface area contributed by atoms with Crippen LogP contribution in [0.15, 0.2) is 40.8 Å². The van der Waals surface area contributed by atoms with Crippen LogP contribution in [0.3, 0.4) is 0 Å². The second kappa shape index (κ2) is 4.58. The fraction of sp³-hybridized carbons (Fsp3) is 0.167. The van der Waals surface area contributed by atoms with E-state index >= 15 is 0 Å². The van der Waals surface area contributed by atoms with E-state index in [0.717, 1.165) is 20.0 Å². The minimum absolute atomic E-state index is 0.0601. The number of amides is 1. The van der Waals surface area contributed by atoms with Crippen molar-refractivity contribution in [2.24, 2.45) is 0 Å². The number of thioether (sulfide) groups is 1. The van der Waals surface area contributed by atoms with Crippen molar-refractivity contribution in [2.45, 2.75) is 13.8 Å². The maximum absolute atomic E-state index is 12.2. The van der Waals surface area contributed by atoms with Crippen LogP contribution < -0.4 is 4.90 Å². The third-order valence-corrected chi connectivity index (χ3v) is 4.29. The number of benzene rings is 1. The molecule has 1 heterocycles. The molecule has 1 aromatic carbocycles. The van der Waals surface area contributed by atoms with Gasteiger partial charge in [-0.25, -0.2) is 0 Å². The summed E-state index contributed by atoms with van der Waals surface area (Å²) in [5, 5.41) is 0.